The fourth-order valence-corrected chi connectivity index (χ4v) is 4.88. The summed E-state index contributed by atoms with van der Waals surface area (Å²) in [4.78, 5) is 0. The molecule has 0 aromatic carbocycles. The van der Waals surface area contributed by atoms with Crippen LogP contribution in [0.25, 0.3) is 0 Å². The highest BCUT2D eigenvalue weighted by Crippen LogP contribution is 2.43. The third-order valence-corrected chi connectivity index (χ3v) is 6.78. The van der Waals surface area contributed by atoms with Crippen LogP contribution in [0.1, 0.15) is 27.2 Å². The Kier molecular flexibility index (Phi) is 3.10. The summed E-state index contributed by atoms with van der Waals surface area (Å²) in [5.41, 5.74) is 0.711. The van der Waals surface area contributed by atoms with Gasteiger partial charge in [0, 0.05) is 13.2 Å². The summed E-state index contributed by atoms with van der Waals surface area (Å²) in [7, 11) is -1.65. The van der Waals surface area contributed by atoms with E-state index in [0.717, 1.165) is 13.2 Å². The van der Waals surface area contributed by atoms with Crippen molar-refractivity contribution in [3.63, 3.8) is 0 Å². The summed E-state index contributed by atoms with van der Waals surface area (Å²) < 4.78 is 11.5. The summed E-state index contributed by atoms with van der Waals surface area (Å²) in [6.45, 7) is 7.99. The van der Waals surface area contributed by atoms with Gasteiger partial charge in [-0.15, -0.1) is 0 Å². The van der Waals surface area contributed by atoms with Crippen molar-refractivity contribution in [1.82, 2.24) is 0 Å². The smallest absolute Gasteiger partial charge is 0.341 e. The number of hydrogen-bond acceptors (Lipinski definition) is 2. The first-order chi connectivity index (χ1) is 5.25. The molecule has 1 saturated heterocycles. The van der Waals surface area contributed by atoms with Gasteiger partial charge in [0.05, 0.1) is 0 Å². The molecule has 0 radical (unpaired) electrons. The molecule has 0 spiro atoms. The molecule has 1 aliphatic rings. The maximum Gasteiger partial charge on any atom is 0.341 e. The summed E-state index contributed by atoms with van der Waals surface area (Å²) in [6.07, 6.45) is 1.30. The molecule has 0 bridgehead atoms. The average Bonchev–Trinajstić information content (AvgIpc) is 2.01. The Morgan fingerprint density at radius 3 is 2.00 bits per heavy atom. The molecule has 1 unspecified atom stereocenters. The first kappa shape index (κ1) is 9.23. The highest BCUT2D eigenvalue weighted by Gasteiger charge is 2.50. The van der Waals surface area contributed by atoms with Crippen molar-refractivity contribution < 1.29 is 8.85 Å². The zero-order valence-electron chi connectivity index (χ0n) is 7.72. The predicted molar refractivity (Wildman–Crippen MR) is 47.9 cm³/mol. The molecule has 3 heteroatoms. The van der Waals surface area contributed by atoms with E-state index in [1.165, 1.54) is 12.5 Å². The summed E-state index contributed by atoms with van der Waals surface area (Å²) >= 11 is 0. The molecule has 1 rings (SSSR count). The molecular formula is C8H18O2Si. The lowest BCUT2D eigenvalue weighted by Gasteiger charge is -2.43. The first-order valence-corrected chi connectivity index (χ1v) is 6.63. The van der Waals surface area contributed by atoms with Gasteiger partial charge in [-0.25, -0.2) is 0 Å². The normalized spacial score (nSPS) is 28.1. The Morgan fingerprint density at radius 2 is 1.82 bits per heavy atom. The van der Waals surface area contributed by atoms with Gasteiger partial charge in [0.25, 0.3) is 0 Å². The van der Waals surface area contributed by atoms with Gasteiger partial charge in [-0.2, -0.15) is 0 Å². The standard InChI is InChI=1S/C8H18O2Si/c1-4-9-11(10-5-2)7-6-8(11)3/h8H,4-7H2,1-3H3. The highest BCUT2D eigenvalue weighted by atomic mass is 28.4. The molecule has 0 saturated carbocycles. The van der Waals surface area contributed by atoms with E-state index in [0.29, 0.717) is 5.54 Å². The SMILES string of the molecule is CCO[Si]1(OCC)CCC1C. The topological polar surface area (TPSA) is 18.5 Å². The van der Waals surface area contributed by atoms with E-state index in [-0.39, 0.29) is 0 Å². The first-order valence-electron chi connectivity index (χ1n) is 4.53. The molecule has 0 N–H and O–H groups in total. The van der Waals surface area contributed by atoms with Crippen molar-refractivity contribution in [2.24, 2.45) is 0 Å². The molecule has 11 heavy (non-hydrogen) atoms. The lowest BCUT2D eigenvalue weighted by molar-refractivity contribution is 0.154. The molecule has 1 fully saturated rings. The second-order valence-electron chi connectivity index (χ2n) is 3.12. The maximum atomic E-state index is 5.73. The lowest BCUT2D eigenvalue weighted by Crippen LogP contribution is -2.52. The predicted octanol–water partition coefficient (Wildman–Crippen LogP) is 2.30. The van der Waals surface area contributed by atoms with Crippen LogP contribution in [0.2, 0.25) is 11.6 Å². The molecule has 1 heterocycles. The van der Waals surface area contributed by atoms with Gasteiger partial charge in [-0.1, -0.05) is 6.92 Å². The quantitative estimate of drug-likeness (QED) is 0.609. The minimum atomic E-state index is -1.65. The fourth-order valence-electron chi connectivity index (χ4n) is 1.63. The van der Waals surface area contributed by atoms with E-state index in [9.17, 15) is 0 Å². The lowest BCUT2D eigenvalue weighted by atomic mass is 10.3. The van der Waals surface area contributed by atoms with E-state index in [2.05, 4.69) is 20.8 Å². The van der Waals surface area contributed by atoms with Gasteiger partial charge in [0.2, 0.25) is 0 Å². The van der Waals surface area contributed by atoms with Crippen LogP contribution >= 0.6 is 0 Å². The van der Waals surface area contributed by atoms with Gasteiger partial charge >= 0.3 is 8.56 Å². The molecule has 1 aliphatic heterocycles. The van der Waals surface area contributed by atoms with Crippen molar-refractivity contribution in [2.45, 2.75) is 38.8 Å². The molecule has 0 amide bonds. The van der Waals surface area contributed by atoms with E-state index in [1.54, 1.807) is 0 Å². The minimum Gasteiger partial charge on any atom is -0.394 e. The van der Waals surface area contributed by atoms with Crippen LogP contribution in [0.5, 0.6) is 0 Å². The van der Waals surface area contributed by atoms with Crippen molar-refractivity contribution in [2.75, 3.05) is 13.2 Å². The van der Waals surface area contributed by atoms with Crippen LogP contribution in [-0.2, 0) is 8.85 Å². The summed E-state index contributed by atoms with van der Waals surface area (Å²) in [5.74, 6) is 0. The third kappa shape index (κ3) is 1.66. The van der Waals surface area contributed by atoms with E-state index >= 15 is 0 Å². The monoisotopic (exact) mass is 174 g/mol. The Bertz CT molecular complexity index is 121. The van der Waals surface area contributed by atoms with Gasteiger partial charge in [0.1, 0.15) is 0 Å². The van der Waals surface area contributed by atoms with Crippen LogP contribution in [0.4, 0.5) is 0 Å². The molecule has 0 aliphatic carbocycles. The van der Waals surface area contributed by atoms with Crippen molar-refractivity contribution in [3.05, 3.63) is 0 Å². The Morgan fingerprint density at radius 1 is 1.27 bits per heavy atom. The van der Waals surface area contributed by atoms with Crippen LogP contribution in [0.15, 0.2) is 0 Å². The van der Waals surface area contributed by atoms with Crippen LogP contribution in [0, 0.1) is 0 Å². The van der Waals surface area contributed by atoms with Gasteiger partial charge in [-0.3, -0.25) is 0 Å². The van der Waals surface area contributed by atoms with Crippen molar-refractivity contribution >= 4 is 8.56 Å². The number of hydrogen-bond donors (Lipinski definition) is 0. The van der Waals surface area contributed by atoms with E-state index < -0.39 is 8.56 Å². The maximum absolute atomic E-state index is 5.73. The Labute approximate surface area is 70.1 Å². The third-order valence-electron chi connectivity index (χ3n) is 2.45. The molecule has 0 aromatic heterocycles. The molecular weight excluding hydrogens is 156 g/mol. The van der Waals surface area contributed by atoms with Crippen molar-refractivity contribution in [3.8, 4) is 0 Å². The van der Waals surface area contributed by atoms with Crippen LogP contribution in [-0.4, -0.2) is 21.8 Å². The second-order valence-corrected chi connectivity index (χ2v) is 6.80. The number of rotatable bonds is 4. The average molecular weight is 174 g/mol. The van der Waals surface area contributed by atoms with E-state index in [1.807, 2.05) is 0 Å². The van der Waals surface area contributed by atoms with Crippen LogP contribution in [0.3, 0.4) is 0 Å². The van der Waals surface area contributed by atoms with Gasteiger partial charge in [-0.05, 0) is 31.9 Å². The second kappa shape index (κ2) is 3.69. The van der Waals surface area contributed by atoms with Crippen molar-refractivity contribution in [1.29, 1.82) is 0 Å². The van der Waals surface area contributed by atoms with Crippen LogP contribution < -0.4 is 0 Å². The Balaban J connectivity index is 2.42. The molecule has 2 nitrogen and oxygen atoms in total. The molecule has 0 aromatic rings. The summed E-state index contributed by atoms with van der Waals surface area (Å²) in [5, 5.41) is 0. The molecule has 66 valence electrons. The Hall–Kier alpha value is 0.137. The highest BCUT2D eigenvalue weighted by molar-refractivity contribution is 6.71. The van der Waals surface area contributed by atoms with Gasteiger partial charge in [0.15, 0.2) is 0 Å². The minimum absolute atomic E-state index is 0.711. The zero-order valence-corrected chi connectivity index (χ0v) is 8.72. The zero-order chi connectivity index (χ0) is 8.32. The molecule has 1 atom stereocenters. The fraction of sp³-hybridized carbons (Fsp3) is 1.00. The van der Waals surface area contributed by atoms with E-state index in [4.69, 9.17) is 8.85 Å². The summed E-state index contributed by atoms with van der Waals surface area (Å²) in [6, 6.07) is 1.20. The van der Waals surface area contributed by atoms with Gasteiger partial charge < -0.3 is 8.85 Å². The largest absolute Gasteiger partial charge is 0.394 e.